The van der Waals surface area contributed by atoms with Crippen LogP contribution < -0.4 is 10.1 Å². The lowest BCUT2D eigenvalue weighted by atomic mass is 9.77. The van der Waals surface area contributed by atoms with Crippen LogP contribution in [-0.4, -0.2) is 38.0 Å². The molecule has 1 unspecified atom stereocenters. The summed E-state index contributed by atoms with van der Waals surface area (Å²) in [6, 6.07) is 19.3. The van der Waals surface area contributed by atoms with E-state index in [-0.39, 0.29) is 6.01 Å². The number of hydrogen-bond donors (Lipinski definition) is 2. The molecule has 0 saturated carbocycles. The van der Waals surface area contributed by atoms with Gasteiger partial charge < -0.3 is 15.2 Å². The molecule has 0 bridgehead atoms. The van der Waals surface area contributed by atoms with Gasteiger partial charge in [0.2, 0.25) is 6.10 Å². The summed E-state index contributed by atoms with van der Waals surface area (Å²) in [6.07, 6.45) is -1.61. The third-order valence-corrected chi connectivity index (χ3v) is 5.91. The number of benzene rings is 2. The Bertz CT molecular complexity index is 1220. The molecule has 0 aliphatic carbocycles. The third-order valence-electron chi connectivity index (χ3n) is 5.23. The number of nitrogens with one attached hydrogen (secondary N) is 1. The number of carboxylic acid groups (broad SMARTS) is 1. The second-order valence-electron chi connectivity index (χ2n) is 7.55. The molecule has 0 spiro atoms. The molecule has 9 heteroatoms. The molecule has 4 aromatic rings. The molecule has 0 aliphatic heterocycles. The summed E-state index contributed by atoms with van der Waals surface area (Å²) < 4.78 is 5.96. The van der Waals surface area contributed by atoms with Crippen LogP contribution in [0, 0.1) is 13.8 Å². The largest absolute Gasteiger partial charge is 0.478 e. The fourth-order valence-electron chi connectivity index (χ4n) is 3.79. The lowest BCUT2D eigenvalue weighted by Gasteiger charge is -2.39. The molecule has 0 aliphatic rings. The first-order chi connectivity index (χ1) is 16.4. The van der Waals surface area contributed by atoms with Gasteiger partial charge in [-0.2, -0.15) is 21.3 Å². The molecular formula is C25H22N4O4S. The van der Waals surface area contributed by atoms with Crippen LogP contribution in [0.2, 0.25) is 0 Å². The molecule has 2 N–H and O–H groups in total. The number of nitrogens with zero attached hydrogens (tertiary/aromatic N) is 3. The number of carbonyl (C=O) groups is 2. The quantitative estimate of drug-likeness (QED) is 0.400. The van der Waals surface area contributed by atoms with Crippen molar-refractivity contribution in [3.63, 3.8) is 0 Å². The first kappa shape index (κ1) is 23.1. The van der Waals surface area contributed by atoms with Gasteiger partial charge in [0.15, 0.2) is 0 Å². The average molecular weight is 475 g/mol. The minimum atomic E-state index is -1.61. The molecule has 4 rings (SSSR count). The number of aromatic nitrogens is 3. The van der Waals surface area contributed by atoms with E-state index in [1.54, 1.807) is 79.2 Å². The van der Waals surface area contributed by atoms with E-state index < -0.39 is 23.5 Å². The Morgan fingerprint density at radius 2 is 1.47 bits per heavy atom. The lowest BCUT2D eigenvalue weighted by Crippen LogP contribution is -2.59. The Morgan fingerprint density at radius 1 is 0.912 bits per heavy atom. The Labute approximate surface area is 200 Å². The molecule has 2 aromatic heterocycles. The molecular weight excluding hydrogens is 452 g/mol. The second-order valence-corrected chi connectivity index (χ2v) is 8.33. The first-order valence-corrected chi connectivity index (χ1v) is 11.4. The van der Waals surface area contributed by atoms with Crippen LogP contribution in [0.1, 0.15) is 33.1 Å². The number of carbonyl (C=O) groups excluding carboxylic acids is 1. The average Bonchev–Trinajstić information content (AvgIpc) is 3.37. The number of rotatable bonds is 8. The Hall–Kier alpha value is -4.11. The number of amides is 1. The zero-order valence-electron chi connectivity index (χ0n) is 18.5. The van der Waals surface area contributed by atoms with Gasteiger partial charge in [0.25, 0.3) is 5.91 Å². The molecule has 0 radical (unpaired) electrons. The van der Waals surface area contributed by atoms with Gasteiger partial charge in [0.1, 0.15) is 17.2 Å². The van der Waals surface area contributed by atoms with Crippen LogP contribution in [0.4, 0.5) is 0 Å². The topological polar surface area (TPSA) is 114 Å². The summed E-state index contributed by atoms with van der Waals surface area (Å²) in [7, 11) is 0. The van der Waals surface area contributed by atoms with Gasteiger partial charge in [-0.25, -0.2) is 9.78 Å². The van der Waals surface area contributed by atoms with E-state index in [1.165, 1.54) is 11.3 Å². The summed E-state index contributed by atoms with van der Waals surface area (Å²) in [5.74, 6) is -0.959. The standard InChI is InChI=1S/C25H22N4O4S/c1-16-26-17(2)28-24(27-16)33-21(23(31)32)25(19-9-5-3-6-10-19,20-11-7-4-8-12-20)29-22(30)18-13-14-34-15-18/h3-15,21H,1-2H3,(H,29,30)(H,31,32). The van der Waals surface area contributed by atoms with Crippen molar-refractivity contribution >= 4 is 23.2 Å². The van der Waals surface area contributed by atoms with Crippen LogP contribution in [0.3, 0.4) is 0 Å². The predicted octanol–water partition coefficient (Wildman–Crippen LogP) is 3.76. The van der Waals surface area contributed by atoms with Crippen molar-refractivity contribution in [1.82, 2.24) is 20.3 Å². The van der Waals surface area contributed by atoms with Gasteiger partial charge >= 0.3 is 12.0 Å². The van der Waals surface area contributed by atoms with Gasteiger partial charge in [-0.05, 0) is 36.4 Å². The highest BCUT2D eigenvalue weighted by molar-refractivity contribution is 7.08. The smallest absolute Gasteiger partial charge is 0.348 e. The van der Waals surface area contributed by atoms with Crippen molar-refractivity contribution in [3.05, 3.63) is 106 Å². The van der Waals surface area contributed by atoms with Gasteiger partial charge in [-0.1, -0.05) is 60.7 Å². The minimum absolute atomic E-state index is 0.140. The van der Waals surface area contributed by atoms with E-state index in [9.17, 15) is 14.7 Å². The molecule has 1 amide bonds. The van der Waals surface area contributed by atoms with Gasteiger partial charge in [0, 0.05) is 5.38 Å². The number of carboxylic acids is 1. The first-order valence-electron chi connectivity index (χ1n) is 10.4. The van der Waals surface area contributed by atoms with Gasteiger partial charge in [-0.3, -0.25) is 4.79 Å². The summed E-state index contributed by atoms with van der Waals surface area (Å²) >= 11 is 1.37. The molecule has 0 fully saturated rings. The monoisotopic (exact) mass is 474 g/mol. The zero-order valence-corrected chi connectivity index (χ0v) is 19.3. The molecule has 1 atom stereocenters. The van der Waals surface area contributed by atoms with Crippen LogP contribution in [0.25, 0.3) is 0 Å². The Morgan fingerprint density at radius 3 is 1.94 bits per heavy atom. The van der Waals surface area contributed by atoms with E-state index in [4.69, 9.17) is 4.74 Å². The summed E-state index contributed by atoms with van der Waals surface area (Å²) in [4.78, 5) is 38.6. The van der Waals surface area contributed by atoms with Crippen molar-refractivity contribution in [1.29, 1.82) is 0 Å². The maximum atomic E-state index is 13.4. The molecule has 8 nitrogen and oxygen atoms in total. The fraction of sp³-hybridized carbons (Fsp3) is 0.160. The van der Waals surface area contributed by atoms with Crippen LogP contribution in [-0.2, 0) is 10.3 Å². The lowest BCUT2D eigenvalue weighted by molar-refractivity contribution is -0.148. The Balaban J connectivity index is 1.94. The van der Waals surface area contributed by atoms with Crippen molar-refractivity contribution in [2.75, 3.05) is 0 Å². The van der Waals surface area contributed by atoms with E-state index in [2.05, 4.69) is 20.3 Å². The van der Waals surface area contributed by atoms with Crippen molar-refractivity contribution in [2.24, 2.45) is 0 Å². The highest BCUT2D eigenvalue weighted by Crippen LogP contribution is 2.36. The maximum Gasteiger partial charge on any atom is 0.348 e. The van der Waals surface area contributed by atoms with E-state index >= 15 is 0 Å². The predicted molar refractivity (Wildman–Crippen MR) is 127 cm³/mol. The van der Waals surface area contributed by atoms with Crippen LogP contribution in [0.15, 0.2) is 77.5 Å². The highest BCUT2D eigenvalue weighted by atomic mass is 32.1. The molecule has 34 heavy (non-hydrogen) atoms. The summed E-state index contributed by atoms with van der Waals surface area (Å²) in [5.41, 5.74) is -0.140. The third kappa shape index (κ3) is 4.65. The van der Waals surface area contributed by atoms with Crippen LogP contribution in [0.5, 0.6) is 6.01 Å². The summed E-state index contributed by atoms with van der Waals surface area (Å²) in [6.45, 7) is 3.33. The minimum Gasteiger partial charge on any atom is -0.478 e. The van der Waals surface area contributed by atoms with Crippen LogP contribution >= 0.6 is 11.3 Å². The van der Waals surface area contributed by atoms with Gasteiger partial charge in [-0.15, -0.1) is 0 Å². The number of thiophene rings is 1. The fourth-order valence-corrected chi connectivity index (χ4v) is 4.43. The Kier molecular flexibility index (Phi) is 6.65. The van der Waals surface area contributed by atoms with Crippen molar-refractivity contribution in [3.8, 4) is 6.01 Å². The van der Waals surface area contributed by atoms with Gasteiger partial charge in [0.05, 0.1) is 5.56 Å². The number of aryl methyl sites for hydroxylation is 2. The maximum absolute atomic E-state index is 13.4. The van der Waals surface area contributed by atoms with E-state index in [0.29, 0.717) is 28.3 Å². The second kappa shape index (κ2) is 9.80. The molecule has 2 heterocycles. The summed E-state index contributed by atoms with van der Waals surface area (Å²) in [5, 5.41) is 16.9. The molecule has 2 aromatic carbocycles. The number of aliphatic carboxylic acids is 1. The van der Waals surface area contributed by atoms with E-state index in [1.807, 2.05) is 12.1 Å². The normalized spacial score (nSPS) is 12.1. The SMILES string of the molecule is Cc1nc(C)nc(OC(C(=O)O)C(NC(=O)c2ccsc2)(c2ccccc2)c2ccccc2)n1. The molecule has 0 saturated heterocycles. The van der Waals surface area contributed by atoms with Crippen molar-refractivity contribution < 1.29 is 19.4 Å². The number of hydrogen-bond acceptors (Lipinski definition) is 7. The highest BCUT2D eigenvalue weighted by Gasteiger charge is 2.50. The van der Waals surface area contributed by atoms with E-state index in [0.717, 1.165) is 0 Å². The zero-order chi connectivity index (χ0) is 24.1. The van der Waals surface area contributed by atoms with Crippen molar-refractivity contribution in [2.45, 2.75) is 25.5 Å². The molecule has 172 valence electrons. The number of ether oxygens (including phenoxy) is 1.